The molecule has 2 aromatic heterocycles. The molecule has 2 aromatic rings. The van der Waals surface area contributed by atoms with Gasteiger partial charge >= 0.3 is 18.0 Å². The average Bonchev–Trinajstić information content (AvgIpc) is 2.99. The van der Waals surface area contributed by atoms with Gasteiger partial charge < -0.3 is 9.47 Å². The molecule has 148 valence electrons. The zero-order valence-electron chi connectivity index (χ0n) is 15.6. The maximum absolute atomic E-state index is 12.3. The maximum Gasteiger partial charge on any atom is 0.348 e. The molecule has 9 nitrogen and oxygen atoms in total. The standard InChI is InChI=1S/C18H20N4O5S/c1-4-26-16(23)13-11(3)14(17(24)27-5-2)28-15(13)21-18(25)22-20-10-12-6-8-19-9-7-12/h6-10H,4-5H2,1-3H3,(H2,21,22,25). The van der Waals surface area contributed by atoms with Crippen LogP contribution in [0.2, 0.25) is 0 Å². The number of aromatic nitrogens is 1. The van der Waals surface area contributed by atoms with Crippen molar-refractivity contribution >= 4 is 40.5 Å². The summed E-state index contributed by atoms with van der Waals surface area (Å²) >= 11 is 0.939. The lowest BCUT2D eigenvalue weighted by Crippen LogP contribution is -2.24. The van der Waals surface area contributed by atoms with E-state index >= 15 is 0 Å². The Bertz CT molecular complexity index is 880. The van der Waals surface area contributed by atoms with Crippen LogP contribution in [-0.4, -0.2) is 42.4 Å². The van der Waals surface area contributed by atoms with Crippen LogP contribution >= 0.6 is 11.3 Å². The third-order valence-corrected chi connectivity index (χ3v) is 4.59. The van der Waals surface area contributed by atoms with Gasteiger partial charge in [-0.15, -0.1) is 11.3 Å². The van der Waals surface area contributed by atoms with Crippen LogP contribution in [0.4, 0.5) is 9.80 Å². The Kier molecular flexibility index (Phi) is 7.64. The number of esters is 2. The zero-order chi connectivity index (χ0) is 20.5. The van der Waals surface area contributed by atoms with E-state index in [0.717, 1.165) is 16.9 Å². The number of urea groups is 1. The highest BCUT2D eigenvalue weighted by Crippen LogP contribution is 2.34. The molecule has 28 heavy (non-hydrogen) atoms. The second-order valence-electron chi connectivity index (χ2n) is 5.31. The van der Waals surface area contributed by atoms with E-state index in [1.807, 2.05) is 0 Å². The minimum absolute atomic E-state index is 0.114. The molecule has 10 heteroatoms. The van der Waals surface area contributed by atoms with Crippen LogP contribution in [0, 0.1) is 6.92 Å². The number of anilines is 1. The van der Waals surface area contributed by atoms with E-state index in [2.05, 4.69) is 20.8 Å². The van der Waals surface area contributed by atoms with E-state index in [-0.39, 0.29) is 28.7 Å². The fourth-order valence-corrected chi connectivity index (χ4v) is 3.27. The monoisotopic (exact) mass is 404 g/mol. The predicted molar refractivity (Wildman–Crippen MR) is 105 cm³/mol. The van der Waals surface area contributed by atoms with Gasteiger partial charge in [-0.05, 0) is 44.0 Å². The Morgan fingerprint density at radius 2 is 1.79 bits per heavy atom. The highest BCUT2D eigenvalue weighted by atomic mass is 32.1. The molecule has 2 N–H and O–H groups in total. The second kappa shape index (κ2) is 10.2. The first kappa shape index (κ1) is 21.0. The van der Waals surface area contributed by atoms with Crippen LogP contribution in [0.1, 0.15) is 45.0 Å². The number of hydrogen-bond donors (Lipinski definition) is 2. The molecule has 0 radical (unpaired) electrons. The number of carbonyl (C=O) groups is 3. The van der Waals surface area contributed by atoms with Gasteiger partial charge in [0.1, 0.15) is 9.88 Å². The lowest BCUT2D eigenvalue weighted by Gasteiger charge is -2.06. The van der Waals surface area contributed by atoms with Crippen molar-refractivity contribution in [3.05, 3.63) is 46.1 Å². The summed E-state index contributed by atoms with van der Waals surface area (Å²) in [7, 11) is 0. The Morgan fingerprint density at radius 1 is 1.14 bits per heavy atom. The smallest absolute Gasteiger partial charge is 0.348 e. The molecule has 0 aromatic carbocycles. The first-order valence-electron chi connectivity index (χ1n) is 8.45. The largest absolute Gasteiger partial charge is 0.462 e. The Hall–Kier alpha value is -3.27. The molecule has 0 aliphatic heterocycles. The van der Waals surface area contributed by atoms with Gasteiger partial charge in [-0.25, -0.2) is 19.8 Å². The Morgan fingerprint density at radius 3 is 2.43 bits per heavy atom. The molecule has 0 saturated heterocycles. The number of rotatable bonds is 7. The number of carbonyl (C=O) groups excluding carboxylic acids is 3. The van der Waals surface area contributed by atoms with Crippen molar-refractivity contribution < 1.29 is 23.9 Å². The molecule has 0 fully saturated rings. The number of hydrazone groups is 1. The number of nitrogens with one attached hydrogen (secondary N) is 2. The lowest BCUT2D eigenvalue weighted by atomic mass is 10.1. The molecule has 2 heterocycles. The summed E-state index contributed by atoms with van der Waals surface area (Å²) in [5.74, 6) is -1.21. The average molecular weight is 404 g/mol. The predicted octanol–water partition coefficient (Wildman–Crippen LogP) is 2.96. The SMILES string of the molecule is CCOC(=O)c1sc(NC(=O)NN=Cc2ccncc2)c(C(=O)OCC)c1C. The van der Waals surface area contributed by atoms with Crippen LogP contribution in [0.3, 0.4) is 0 Å². The van der Waals surface area contributed by atoms with Crippen molar-refractivity contribution in [2.45, 2.75) is 20.8 Å². The first-order chi connectivity index (χ1) is 13.5. The fourth-order valence-electron chi connectivity index (χ4n) is 2.19. The molecule has 0 saturated carbocycles. The van der Waals surface area contributed by atoms with Gasteiger partial charge in [0.2, 0.25) is 0 Å². The van der Waals surface area contributed by atoms with E-state index in [1.165, 1.54) is 6.21 Å². The quantitative estimate of drug-likeness (QED) is 0.416. The molecular weight excluding hydrogens is 384 g/mol. The van der Waals surface area contributed by atoms with Gasteiger partial charge in [-0.2, -0.15) is 5.10 Å². The fraction of sp³-hybridized carbons (Fsp3) is 0.278. The molecular formula is C18H20N4O5S. The van der Waals surface area contributed by atoms with E-state index in [0.29, 0.717) is 5.56 Å². The Labute approximate surface area is 165 Å². The summed E-state index contributed by atoms with van der Waals surface area (Å²) < 4.78 is 10.0. The van der Waals surface area contributed by atoms with E-state index in [9.17, 15) is 14.4 Å². The van der Waals surface area contributed by atoms with Crippen LogP contribution in [0.25, 0.3) is 0 Å². The molecule has 0 atom stereocenters. The van der Waals surface area contributed by atoms with Crippen molar-refractivity contribution in [2.75, 3.05) is 18.5 Å². The lowest BCUT2D eigenvalue weighted by molar-refractivity contribution is 0.0527. The number of amides is 2. The molecule has 0 aliphatic rings. The topological polar surface area (TPSA) is 119 Å². The van der Waals surface area contributed by atoms with E-state index in [4.69, 9.17) is 9.47 Å². The van der Waals surface area contributed by atoms with Crippen LogP contribution < -0.4 is 10.7 Å². The van der Waals surface area contributed by atoms with Gasteiger partial charge in [0.05, 0.1) is 25.0 Å². The number of nitrogens with zero attached hydrogens (tertiary/aromatic N) is 2. The third kappa shape index (κ3) is 5.36. The van der Waals surface area contributed by atoms with Crippen molar-refractivity contribution in [1.29, 1.82) is 0 Å². The van der Waals surface area contributed by atoms with Gasteiger partial charge in [-0.1, -0.05) is 0 Å². The molecule has 0 aliphatic carbocycles. The molecule has 0 spiro atoms. The summed E-state index contributed by atoms with van der Waals surface area (Å²) in [5, 5.41) is 6.53. The van der Waals surface area contributed by atoms with Crippen LogP contribution in [0.15, 0.2) is 29.6 Å². The third-order valence-electron chi connectivity index (χ3n) is 3.40. The Balaban J connectivity index is 2.19. The minimum Gasteiger partial charge on any atom is -0.462 e. The summed E-state index contributed by atoms with van der Waals surface area (Å²) in [6, 6.07) is 2.76. The minimum atomic E-state index is -0.674. The summed E-state index contributed by atoms with van der Waals surface area (Å²) in [6.45, 7) is 5.29. The molecule has 2 rings (SSSR count). The summed E-state index contributed by atoms with van der Waals surface area (Å²) in [6.07, 6.45) is 4.63. The van der Waals surface area contributed by atoms with Crippen LogP contribution in [0.5, 0.6) is 0 Å². The number of pyridine rings is 1. The van der Waals surface area contributed by atoms with Gasteiger partial charge in [0, 0.05) is 12.4 Å². The van der Waals surface area contributed by atoms with E-state index < -0.39 is 18.0 Å². The highest BCUT2D eigenvalue weighted by molar-refractivity contribution is 7.18. The normalized spacial score (nSPS) is 10.5. The number of thiophene rings is 1. The van der Waals surface area contributed by atoms with Gasteiger partial charge in [0.15, 0.2) is 0 Å². The van der Waals surface area contributed by atoms with Crippen molar-refractivity contribution in [2.24, 2.45) is 5.10 Å². The second-order valence-corrected chi connectivity index (χ2v) is 6.33. The molecule has 2 amide bonds. The zero-order valence-corrected chi connectivity index (χ0v) is 16.5. The maximum atomic E-state index is 12.3. The first-order valence-corrected chi connectivity index (χ1v) is 9.27. The van der Waals surface area contributed by atoms with Crippen LogP contribution in [-0.2, 0) is 9.47 Å². The molecule has 0 unspecified atom stereocenters. The van der Waals surface area contributed by atoms with Gasteiger partial charge in [-0.3, -0.25) is 10.3 Å². The van der Waals surface area contributed by atoms with Crippen molar-refractivity contribution in [3.63, 3.8) is 0 Å². The highest BCUT2D eigenvalue weighted by Gasteiger charge is 2.27. The molecule has 0 bridgehead atoms. The number of hydrogen-bond acceptors (Lipinski definition) is 8. The van der Waals surface area contributed by atoms with Crippen molar-refractivity contribution in [1.82, 2.24) is 10.4 Å². The summed E-state index contributed by atoms with van der Waals surface area (Å²) in [5.41, 5.74) is 3.55. The van der Waals surface area contributed by atoms with Gasteiger partial charge in [0.25, 0.3) is 0 Å². The van der Waals surface area contributed by atoms with Crippen molar-refractivity contribution in [3.8, 4) is 0 Å². The number of ether oxygens (including phenoxy) is 2. The summed E-state index contributed by atoms with van der Waals surface area (Å²) in [4.78, 5) is 40.6. The van der Waals surface area contributed by atoms with E-state index in [1.54, 1.807) is 45.3 Å².